The van der Waals surface area contributed by atoms with Gasteiger partial charge in [-0.05, 0) is 6.92 Å². The zero-order valence-corrected chi connectivity index (χ0v) is 15.1. The van der Waals surface area contributed by atoms with E-state index in [4.69, 9.17) is 9.26 Å². The number of carbonyl (C=O) groups is 2. The summed E-state index contributed by atoms with van der Waals surface area (Å²) in [6.45, 7) is 11.7. The Hall–Kier alpha value is -1.89. The first kappa shape index (κ1) is 18.4. The van der Waals surface area contributed by atoms with Crippen LogP contribution >= 0.6 is 0 Å². The van der Waals surface area contributed by atoms with Crippen LogP contribution in [0.25, 0.3) is 0 Å². The third-order valence-corrected chi connectivity index (χ3v) is 4.94. The van der Waals surface area contributed by atoms with Gasteiger partial charge in [0, 0.05) is 29.9 Å². The summed E-state index contributed by atoms with van der Waals surface area (Å²) in [6.07, 6.45) is 0.000147. The molecule has 24 heavy (non-hydrogen) atoms. The average Bonchev–Trinajstić information content (AvgIpc) is 2.95. The number of carboxylic acid groups (broad SMARTS) is 1. The number of rotatable bonds is 5. The number of hydrogen-bond acceptors (Lipinski definition) is 5. The molecule has 0 aromatic carbocycles. The van der Waals surface area contributed by atoms with Crippen molar-refractivity contribution in [3.05, 3.63) is 17.5 Å². The fourth-order valence-electron chi connectivity index (χ4n) is 3.03. The van der Waals surface area contributed by atoms with Gasteiger partial charge in [-0.25, -0.2) is 4.79 Å². The van der Waals surface area contributed by atoms with Crippen LogP contribution in [0.15, 0.2) is 10.6 Å². The van der Waals surface area contributed by atoms with Gasteiger partial charge in [0.25, 0.3) is 5.91 Å². The van der Waals surface area contributed by atoms with Gasteiger partial charge < -0.3 is 19.7 Å². The molecule has 134 valence electrons. The third-order valence-electron chi connectivity index (χ3n) is 4.94. The Labute approximate surface area is 141 Å². The van der Waals surface area contributed by atoms with Crippen LogP contribution in [0.3, 0.4) is 0 Å². The molecule has 1 fully saturated rings. The van der Waals surface area contributed by atoms with Crippen LogP contribution in [0.1, 0.15) is 64.2 Å². The molecule has 0 aliphatic heterocycles. The van der Waals surface area contributed by atoms with Crippen molar-refractivity contribution in [2.24, 2.45) is 5.41 Å². The van der Waals surface area contributed by atoms with Crippen molar-refractivity contribution in [1.29, 1.82) is 0 Å². The van der Waals surface area contributed by atoms with E-state index < -0.39 is 22.8 Å². The van der Waals surface area contributed by atoms with Gasteiger partial charge in [-0.3, -0.25) is 4.79 Å². The van der Waals surface area contributed by atoms with E-state index in [-0.39, 0.29) is 23.6 Å². The molecule has 0 spiro atoms. The van der Waals surface area contributed by atoms with Crippen molar-refractivity contribution < 1.29 is 24.0 Å². The normalized spacial score (nSPS) is 25.8. The van der Waals surface area contributed by atoms with Crippen LogP contribution in [0.4, 0.5) is 0 Å². The summed E-state index contributed by atoms with van der Waals surface area (Å²) in [4.78, 5) is 24.4. The van der Waals surface area contributed by atoms with Gasteiger partial charge in [0.1, 0.15) is 11.3 Å². The largest absolute Gasteiger partial charge is 0.479 e. The zero-order chi connectivity index (χ0) is 18.3. The summed E-state index contributed by atoms with van der Waals surface area (Å²) in [7, 11) is 0. The SMILES string of the molecule is CCOC1CC(NC(=O)c2cc(C(C)(C)C)on2)(C(=O)O)C1(C)C. The molecule has 0 radical (unpaired) electrons. The number of nitrogens with zero attached hydrogens (tertiary/aromatic N) is 1. The standard InChI is InChI=1S/C17H26N2O5/c1-7-23-12-9-17(14(21)22,16(12,5)6)18-13(20)10-8-11(24-19-10)15(2,3)4/h8,12H,7,9H2,1-6H3,(H,18,20)(H,21,22). The lowest BCUT2D eigenvalue weighted by Crippen LogP contribution is -2.76. The number of nitrogens with one attached hydrogen (secondary N) is 1. The monoisotopic (exact) mass is 338 g/mol. The number of aliphatic carboxylic acids is 1. The minimum Gasteiger partial charge on any atom is -0.479 e. The summed E-state index contributed by atoms with van der Waals surface area (Å²) >= 11 is 0. The molecule has 1 aromatic rings. The van der Waals surface area contributed by atoms with Crippen molar-refractivity contribution in [3.8, 4) is 0 Å². The van der Waals surface area contributed by atoms with E-state index in [1.54, 1.807) is 19.9 Å². The van der Waals surface area contributed by atoms with Crippen LogP contribution in [0.2, 0.25) is 0 Å². The van der Waals surface area contributed by atoms with Gasteiger partial charge in [0.15, 0.2) is 5.69 Å². The summed E-state index contributed by atoms with van der Waals surface area (Å²) in [5, 5.41) is 16.1. The molecule has 0 bridgehead atoms. The highest BCUT2D eigenvalue weighted by Gasteiger charge is 2.66. The maximum absolute atomic E-state index is 12.5. The number of aromatic nitrogens is 1. The molecule has 1 heterocycles. The van der Waals surface area contributed by atoms with Gasteiger partial charge in [0.05, 0.1) is 6.10 Å². The van der Waals surface area contributed by atoms with Crippen LogP contribution in [0.5, 0.6) is 0 Å². The van der Waals surface area contributed by atoms with E-state index >= 15 is 0 Å². The molecule has 2 unspecified atom stereocenters. The van der Waals surface area contributed by atoms with E-state index in [9.17, 15) is 14.7 Å². The molecule has 2 atom stereocenters. The second-order valence-electron chi connectivity index (χ2n) is 7.86. The average molecular weight is 338 g/mol. The smallest absolute Gasteiger partial charge is 0.330 e. The van der Waals surface area contributed by atoms with Gasteiger partial charge in [-0.2, -0.15) is 0 Å². The molecule has 1 amide bonds. The second-order valence-corrected chi connectivity index (χ2v) is 7.86. The highest BCUT2D eigenvalue weighted by atomic mass is 16.5. The van der Waals surface area contributed by atoms with Gasteiger partial charge in [-0.1, -0.05) is 39.8 Å². The van der Waals surface area contributed by atoms with E-state index in [1.807, 2.05) is 27.7 Å². The number of ether oxygens (including phenoxy) is 1. The highest BCUT2D eigenvalue weighted by Crippen LogP contribution is 2.51. The van der Waals surface area contributed by atoms with Crippen LogP contribution in [-0.2, 0) is 14.9 Å². The molecule has 7 heteroatoms. The summed E-state index contributed by atoms with van der Waals surface area (Å²) in [5.41, 5.74) is -2.33. The van der Waals surface area contributed by atoms with E-state index in [0.717, 1.165) is 0 Å². The van der Waals surface area contributed by atoms with E-state index in [1.165, 1.54) is 0 Å². The Morgan fingerprint density at radius 1 is 1.46 bits per heavy atom. The first-order valence-electron chi connectivity index (χ1n) is 8.10. The molecule has 7 nitrogen and oxygen atoms in total. The maximum Gasteiger partial charge on any atom is 0.330 e. The second kappa shape index (κ2) is 5.88. The van der Waals surface area contributed by atoms with Crippen LogP contribution < -0.4 is 5.32 Å². The molecular weight excluding hydrogens is 312 g/mol. The molecule has 0 saturated heterocycles. The van der Waals surface area contributed by atoms with E-state index in [2.05, 4.69) is 10.5 Å². The van der Waals surface area contributed by atoms with E-state index in [0.29, 0.717) is 12.4 Å². The van der Waals surface area contributed by atoms with Crippen molar-refractivity contribution in [2.45, 2.75) is 65.0 Å². The molecule has 1 aliphatic rings. The quantitative estimate of drug-likeness (QED) is 0.854. The molecule has 1 saturated carbocycles. The minimum atomic E-state index is -1.38. The Morgan fingerprint density at radius 3 is 2.50 bits per heavy atom. The Balaban J connectivity index is 2.22. The fraction of sp³-hybridized carbons (Fsp3) is 0.706. The molecule has 2 N–H and O–H groups in total. The highest BCUT2D eigenvalue weighted by molar-refractivity contribution is 5.97. The molecule has 1 aromatic heterocycles. The Kier molecular flexibility index (Phi) is 4.52. The lowest BCUT2D eigenvalue weighted by atomic mass is 9.54. The molecule has 1 aliphatic carbocycles. The Bertz CT molecular complexity index is 644. The first-order valence-corrected chi connectivity index (χ1v) is 8.10. The first-order chi connectivity index (χ1) is 11.0. The van der Waals surface area contributed by atoms with Crippen molar-refractivity contribution in [3.63, 3.8) is 0 Å². The van der Waals surface area contributed by atoms with Crippen molar-refractivity contribution in [1.82, 2.24) is 10.5 Å². The summed E-state index contributed by atoms with van der Waals surface area (Å²) < 4.78 is 10.8. The molecular formula is C17H26N2O5. The maximum atomic E-state index is 12.5. The van der Waals surface area contributed by atoms with Crippen LogP contribution in [0, 0.1) is 5.41 Å². The Morgan fingerprint density at radius 2 is 2.08 bits per heavy atom. The van der Waals surface area contributed by atoms with Gasteiger partial charge >= 0.3 is 5.97 Å². The van der Waals surface area contributed by atoms with Crippen molar-refractivity contribution >= 4 is 11.9 Å². The summed E-state index contributed by atoms with van der Waals surface area (Å²) in [5.74, 6) is -1.06. The van der Waals surface area contributed by atoms with Crippen LogP contribution in [-0.4, -0.2) is 40.4 Å². The lowest BCUT2D eigenvalue weighted by molar-refractivity contribution is -0.190. The third kappa shape index (κ3) is 2.81. The number of amides is 1. The number of carbonyl (C=O) groups excluding carboxylic acids is 1. The van der Waals surface area contributed by atoms with Gasteiger partial charge in [0.2, 0.25) is 0 Å². The fourth-order valence-corrected chi connectivity index (χ4v) is 3.03. The minimum absolute atomic E-state index is 0.0798. The molecule has 2 rings (SSSR count). The topological polar surface area (TPSA) is 102 Å². The lowest BCUT2D eigenvalue weighted by Gasteiger charge is -2.58. The predicted molar refractivity (Wildman–Crippen MR) is 86.8 cm³/mol. The van der Waals surface area contributed by atoms with Crippen molar-refractivity contribution in [2.75, 3.05) is 6.61 Å². The van der Waals surface area contributed by atoms with Gasteiger partial charge in [-0.15, -0.1) is 0 Å². The zero-order valence-electron chi connectivity index (χ0n) is 15.1. The summed E-state index contributed by atoms with van der Waals surface area (Å²) in [6, 6.07) is 1.55. The number of carboxylic acids is 1. The predicted octanol–water partition coefficient (Wildman–Crippen LogP) is 2.36. The number of hydrogen-bond donors (Lipinski definition) is 2.